The molecule has 0 bridgehead atoms. The van der Waals surface area contributed by atoms with E-state index in [9.17, 15) is 4.79 Å². The fourth-order valence-corrected chi connectivity index (χ4v) is 3.91. The van der Waals surface area contributed by atoms with Crippen LogP contribution in [0.5, 0.6) is 11.5 Å². The summed E-state index contributed by atoms with van der Waals surface area (Å²) in [7, 11) is 3.27. The fourth-order valence-electron chi connectivity index (χ4n) is 2.95. The monoisotopic (exact) mass is 381 g/mol. The van der Waals surface area contributed by atoms with Crippen molar-refractivity contribution in [2.24, 2.45) is 4.99 Å². The molecule has 1 aromatic heterocycles. The number of thiazole rings is 1. The predicted octanol–water partition coefficient (Wildman–Crippen LogP) is 1.81. The molecule has 0 radical (unpaired) electrons. The molecule has 138 valence electrons. The normalized spacial score (nSPS) is 13.9. The highest BCUT2D eigenvalue weighted by Gasteiger charge is 2.16. The minimum Gasteiger partial charge on any atom is -0.497 e. The first-order chi connectivity index (χ1) is 13.2. The van der Waals surface area contributed by atoms with Gasteiger partial charge in [-0.25, -0.2) is 4.99 Å². The lowest BCUT2D eigenvalue weighted by Gasteiger charge is -2.25. The number of ether oxygens (including phenoxy) is 2. The van der Waals surface area contributed by atoms with Gasteiger partial charge in [0, 0.05) is 5.69 Å². The number of rotatable bonds is 4. The number of nitrogens with zero attached hydrogens (tertiary/aromatic N) is 3. The van der Waals surface area contributed by atoms with Crippen molar-refractivity contribution in [1.82, 2.24) is 4.57 Å². The minimum atomic E-state index is -0.0280. The minimum absolute atomic E-state index is 0.0280. The summed E-state index contributed by atoms with van der Waals surface area (Å²) in [4.78, 5) is 20.2. The van der Waals surface area contributed by atoms with Crippen molar-refractivity contribution in [2.45, 2.75) is 6.67 Å². The van der Waals surface area contributed by atoms with Gasteiger partial charge in [-0.1, -0.05) is 23.5 Å². The zero-order valence-electron chi connectivity index (χ0n) is 15.1. The van der Waals surface area contributed by atoms with E-state index >= 15 is 0 Å². The Morgan fingerprint density at radius 1 is 1.07 bits per heavy atom. The van der Waals surface area contributed by atoms with Crippen molar-refractivity contribution in [3.05, 3.63) is 73.8 Å². The number of fused-ring (bicyclic) bond motifs is 1. The van der Waals surface area contributed by atoms with E-state index in [1.165, 1.54) is 11.3 Å². The highest BCUT2D eigenvalue weighted by molar-refractivity contribution is 7.07. The van der Waals surface area contributed by atoms with E-state index in [1.807, 2.05) is 54.6 Å². The fraction of sp³-hybridized carbons (Fsp3) is 0.200. The summed E-state index contributed by atoms with van der Waals surface area (Å²) < 4.78 is 12.8. The van der Waals surface area contributed by atoms with Gasteiger partial charge in [0.25, 0.3) is 5.56 Å². The van der Waals surface area contributed by atoms with Gasteiger partial charge in [-0.3, -0.25) is 9.36 Å². The van der Waals surface area contributed by atoms with Crippen LogP contribution in [0.2, 0.25) is 0 Å². The molecule has 0 saturated carbocycles. The molecule has 3 aromatic rings. The molecule has 0 N–H and O–H groups in total. The Morgan fingerprint density at radius 2 is 1.85 bits per heavy atom. The van der Waals surface area contributed by atoms with E-state index in [0.717, 1.165) is 27.6 Å². The molecule has 0 fully saturated rings. The number of aromatic nitrogens is 1. The van der Waals surface area contributed by atoms with Crippen LogP contribution in [-0.2, 0) is 6.67 Å². The van der Waals surface area contributed by atoms with E-state index in [1.54, 1.807) is 18.8 Å². The van der Waals surface area contributed by atoms with Crippen molar-refractivity contribution in [1.29, 1.82) is 0 Å². The van der Waals surface area contributed by atoms with E-state index in [-0.39, 0.29) is 5.56 Å². The first-order valence-electron chi connectivity index (χ1n) is 8.47. The molecule has 1 aliphatic rings. The molecule has 0 spiro atoms. The summed E-state index contributed by atoms with van der Waals surface area (Å²) >= 11 is 1.41. The summed E-state index contributed by atoms with van der Waals surface area (Å²) in [5, 5.41) is 0. The Balaban J connectivity index is 1.67. The molecule has 27 heavy (non-hydrogen) atoms. The molecule has 0 atom stereocenters. The van der Waals surface area contributed by atoms with Gasteiger partial charge >= 0.3 is 0 Å². The maximum atomic E-state index is 12.9. The van der Waals surface area contributed by atoms with Gasteiger partial charge in [0.15, 0.2) is 4.80 Å². The topological polar surface area (TPSA) is 56.1 Å². The van der Waals surface area contributed by atoms with E-state index in [0.29, 0.717) is 17.9 Å². The van der Waals surface area contributed by atoms with Crippen LogP contribution in [-0.4, -0.2) is 25.5 Å². The summed E-state index contributed by atoms with van der Waals surface area (Å²) in [5.41, 5.74) is 1.90. The largest absolute Gasteiger partial charge is 0.497 e. The zero-order valence-corrected chi connectivity index (χ0v) is 15.9. The summed E-state index contributed by atoms with van der Waals surface area (Å²) in [6.45, 7) is 0.997. The van der Waals surface area contributed by atoms with Crippen LogP contribution in [0.15, 0.2) is 58.3 Å². The average molecular weight is 381 g/mol. The molecular weight excluding hydrogens is 362 g/mol. The lowest BCUT2D eigenvalue weighted by Crippen LogP contribution is -2.42. The highest BCUT2D eigenvalue weighted by atomic mass is 32.1. The first kappa shape index (κ1) is 17.4. The molecule has 1 aliphatic heterocycles. The smallest absolute Gasteiger partial charge is 0.271 e. The van der Waals surface area contributed by atoms with Gasteiger partial charge < -0.3 is 14.4 Å². The lowest BCUT2D eigenvalue weighted by atomic mass is 10.2. The highest BCUT2D eigenvalue weighted by Crippen LogP contribution is 2.20. The van der Waals surface area contributed by atoms with Crippen LogP contribution >= 0.6 is 11.3 Å². The van der Waals surface area contributed by atoms with Crippen molar-refractivity contribution in [3.8, 4) is 11.5 Å². The van der Waals surface area contributed by atoms with Gasteiger partial charge in [-0.05, 0) is 48.0 Å². The second-order valence-electron chi connectivity index (χ2n) is 6.08. The lowest BCUT2D eigenvalue weighted by molar-refractivity contribution is 0.414. The first-order valence-corrected chi connectivity index (χ1v) is 9.28. The van der Waals surface area contributed by atoms with E-state index in [2.05, 4.69) is 9.89 Å². The standard InChI is InChI=1S/C20H19N3O3S/c1-25-16-8-6-15(7-9-16)22-12-21-20-23(13-22)19(24)18(27-20)11-14-4-3-5-17(10-14)26-2/h3-11H,12-13H2,1-2H3. The van der Waals surface area contributed by atoms with Crippen molar-refractivity contribution in [3.63, 3.8) is 0 Å². The third-order valence-corrected chi connectivity index (χ3v) is 5.45. The second-order valence-corrected chi connectivity index (χ2v) is 7.09. The molecule has 2 heterocycles. The SMILES string of the molecule is COc1ccc(N2CN=c3sc(=Cc4cccc(OC)c4)c(=O)n3C2)cc1. The molecule has 4 rings (SSSR count). The summed E-state index contributed by atoms with van der Waals surface area (Å²) in [6, 6.07) is 15.4. The average Bonchev–Trinajstić information content (AvgIpc) is 3.03. The molecule has 6 nitrogen and oxygen atoms in total. The number of hydrogen-bond acceptors (Lipinski definition) is 6. The number of hydrogen-bond donors (Lipinski definition) is 0. The number of benzene rings is 2. The summed E-state index contributed by atoms with van der Waals surface area (Å²) in [5.74, 6) is 1.57. The second kappa shape index (κ2) is 7.28. The molecule has 0 saturated heterocycles. The zero-order chi connectivity index (χ0) is 18.8. The Kier molecular flexibility index (Phi) is 4.68. The Labute approximate surface area is 160 Å². The maximum absolute atomic E-state index is 12.9. The molecule has 7 heteroatoms. The van der Waals surface area contributed by atoms with Gasteiger partial charge in [0.05, 0.1) is 18.8 Å². The number of methoxy groups -OCH3 is 2. The van der Waals surface area contributed by atoms with Crippen LogP contribution in [0.25, 0.3) is 6.08 Å². The maximum Gasteiger partial charge on any atom is 0.271 e. The van der Waals surface area contributed by atoms with E-state index < -0.39 is 0 Å². The number of anilines is 1. The Hall–Kier alpha value is -3.06. The van der Waals surface area contributed by atoms with E-state index in [4.69, 9.17) is 9.47 Å². The van der Waals surface area contributed by atoms with Crippen LogP contribution in [0.4, 0.5) is 5.69 Å². The van der Waals surface area contributed by atoms with Crippen LogP contribution in [0.1, 0.15) is 5.56 Å². The van der Waals surface area contributed by atoms with Crippen molar-refractivity contribution >= 4 is 23.1 Å². The third kappa shape index (κ3) is 3.46. The van der Waals surface area contributed by atoms with Crippen LogP contribution < -0.4 is 29.3 Å². The molecule has 0 unspecified atom stereocenters. The van der Waals surface area contributed by atoms with Gasteiger partial charge in [-0.2, -0.15) is 0 Å². The molecular formula is C20H19N3O3S. The molecule has 2 aromatic carbocycles. The quantitative estimate of drug-likeness (QED) is 0.692. The van der Waals surface area contributed by atoms with Crippen molar-refractivity contribution < 1.29 is 9.47 Å². The Bertz CT molecular complexity index is 1130. The predicted molar refractivity (Wildman–Crippen MR) is 106 cm³/mol. The van der Waals surface area contributed by atoms with Crippen molar-refractivity contribution in [2.75, 3.05) is 25.8 Å². The molecule has 0 amide bonds. The summed E-state index contributed by atoms with van der Waals surface area (Å²) in [6.07, 6.45) is 1.88. The van der Waals surface area contributed by atoms with Gasteiger partial charge in [-0.15, -0.1) is 0 Å². The van der Waals surface area contributed by atoms with Gasteiger partial charge in [0.2, 0.25) is 0 Å². The Morgan fingerprint density at radius 3 is 2.59 bits per heavy atom. The van der Waals surface area contributed by atoms with Crippen LogP contribution in [0.3, 0.4) is 0 Å². The van der Waals surface area contributed by atoms with Gasteiger partial charge in [0.1, 0.15) is 24.8 Å². The molecule has 0 aliphatic carbocycles. The van der Waals surface area contributed by atoms with Crippen LogP contribution in [0, 0.1) is 0 Å². The third-order valence-electron chi connectivity index (χ3n) is 4.41.